The van der Waals surface area contributed by atoms with Gasteiger partial charge in [0.15, 0.2) is 0 Å². The molecule has 1 aliphatic carbocycles. The van der Waals surface area contributed by atoms with Crippen LogP contribution in [0.15, 0.2) is 42.5 Å². The molecule has 136 valence electrons. The minimum Gasteiger partial charge on any atom is -0.491 e. The Hall–Kier alpha value is -3.09. The lowest BCUT2D eigenvalue weighted by atomic mass is 10.1. The molecule has 0 aliphatic heterocycles. The van der Waals surface area contributed by atoms with E-state index in [1.807, 2.05) is 31.2 Å². The molecular formula is C19H21N3O4. The molecule has 0 bridgehead atoms. The van der Waals surface area contributed by atoms with Gasteiger partial charge in [-0.1, -0.05) is 18.2 Å². The van der Waals surface area contributed by atoms with Crippen LogP contribution in [-0.4, -0.2) is 30.0 Å². The average molecular weight is 355 g/mol. The molecule has 1 aliphatic rings. The fourth-order valence-corrected chi connectivity index (χ4v) is 2.54. The number of para-hydroxylation sites is 1. The van der Waals surface area contributed by atoms with Crippen LogP contribution in [0.4, 0.5) is 11.4 Å². The Morgan fingerprint density at radius 2 is 2.04 bits per heavy atom. The molecule has 2 aromatic carbocycles. The van der Waals surface area contributed by atoms with E-state index in [-0.39, 0.29) is 17.2 Å². The molecule has 3 rings (SSSR count). The molecule has 1 amide bonds. The number of amides is 1. The fraction of sp³-hybridized carbons (Fsp3) is 0.316. The smallest absolute Gasteiger partial charge is 0.293 e. The van der Waals surface area contributed by atoms with E-state index < -0.39 is 4.92 Å². The Kier molecular flexibility index (Phi) is 5.36. The predicted octanol–water partition coefficient (Wildman–Crippen LogP) is 3.29. The highest BCUT2D eigenvalue weighted by Crippen LogP contribution is 2.31. The molecule has 0 radical (unpaired) electrons. The van der Waals surface area contributed by atoms with Gasteiger partial charge in [-0.3, -0.25) is 14.9 Å². The van der Waals surface area contributed by atoms with E-state index in [2.05, 4.69) is 10.6 Å². The predicted molar refractivity (Wildman–Crippen MR) is 98.7 cm³/mol. The monoisotopic (exact) mass is 355 g/mol. The maximum absolute atomic E-state index is 12.2. The summed E-state index contributed by atoms with van der Waals surface area (Å²) >= 11 is 0. The van der Waals surface area contributed by atoms with E-state index in [9.17, 15) is 14.9 Å². The topological polar surface area (TPSA) is 93.5 Å². The van der Waals surface area contributed by atoms with E-state index in [0.29, 0.717) is 24.9 Å². The number of nitro benzene ring substituents is 1. The zero-order chi connectivity index (χ0) is 18.5. The molecule has 0 heterocycles. The summed E-state index contributed by atoms with van der Waals surface area (Å²) in [5.74, 6) is 0.410. The van der Waals surface area contributed by atoms with Crippen LogP contribution >= 0.6 is 0 Å². The SMILES string of the molecule is Cc1ccccc1OCCNC(=O)c1ccc(NC2CC2)c([N+](=O)[O-])c1. The molecule has 0 aromatic heterocycles. The summed E-state index contributed by atoms with van der Waals surface area (Å²) in [6.07, 6.45) is 2.03. The number of hydrogen-bond donors (Lipinski definition) is 2. The fourth-order valence-electron chi connectivity index (χ4n) is 2.54. The number of rotatable bonds is 8. The van der Waals surface area contributed by atoms with Crippen LogP contribution in [0.5, 0.6) is 5.75 Å². The van der Waals surface area contributed by atoms with E-state index >= 15 is 0 Å². The number of carbonyl (C=O) groups excluding carboxylic acids is 1. The van der Waals surface area contributed by atoms with Crippen molar-refractivity contribution in [3.8, 4) is 5.75 Å². The van der Waals surface area contributed by atoms with Gasteiger partial charge in [-0.05, 0) is 43.5 Å². The van der Waals surface area contributed by atoms with E-state index in [1.54, 1.807) is 12.1 Å². The first kappa shape index (κ1) is 17.7. The number of ether oxygens (including phenoxy) is 1. The zero-order valence-corrected chi connectivity index (χ0v) is 14.5. The van der Waals surface area contributed by atoms with Gasteiger partial charge in [-0.25, -0.2) is 0 Å². The van der Waals surface area contributed by atoms with Gasteiger partial charge in [0.05, 0.1) is 11.5 Å². The lowest BCUT2D eigenvalue weighted by Gasteiger charge is -2.10. The van der Waals surface area contributed by atoms with Crippen LogP contribution in [0, 0.1) is 17.0 Å². The van der Waals surface area contributed by atoms with Gasteiger partial charge in [0.25, 0.3) is 11.6 Å². The molecule has 0 spiro atoms. The highest BCUT2D eigenvalue weighted by molar-refractivity contribution is 5.95. The van der Waals surface area contributed by atoms with Crippen molar-refractivity contribution < 1.29 is 14.5 Å². The Labute approximate surface area is 151 Å². The first-order valence-electron chi connectivity index (χ1n) is 8.56. The number of nitro groups is 1. The summed E-state index contributed by atoms with van der Waals surface area (Å²) in [7, 11) is 0. The molecule has 1 saturated carbocycles. The highest BCUT2D eigenvalue weighted by Gasteiger charge is 2.25. The quantitative estimate of drug-likeness (QED) is 0.430. The molecular weight excluding hydrogens is 334 g/mol. The van der Waals surface area contributed by atoms with Crippen molar-refractivity contribution in [1.29, 1.82) is 0 Å². The number of carbonyl (C=O) groups is 1. The van der Waals surface area contributed by atoms with Crippen molar-refractivity contribution in [2.24, 2.45) is 0 Å². The lowest BCUT2D eigenvalue weighted by Crippen LogP contribution is -2.28. The van der Waals surface area contributed by atoms with Gasteiger partial charge in [-0.15, -0.1) is 0 Å². The van der Waals surface area contributed by atoms with Gasteiger partial charge in [0.2, 0.25) is 0 Å². The van der Waals surface area contributed by atoms with Crippen LogP contribution < -0.4 is 15.4 Å². The second kappa shape index (κ2) is 7.86. The summed E-state index contributed by atoms with van der Waals surface area (Å²) in [5.41, 5.74) is 1.65. The Morgan fingerprint density at radius 3 is 2.73 bits per heavy atom. The molecule has 0 unspecified atom stereocenters. The average Bonchev–Trinajstić information content (AvgIpc) is 3.44. The Bertz CT molecular complexity index is 818. The van der Waals surface area contributed by atoms with Crippen molar-refractivity contribution in [2.75, 3.05) is 18.5 Å². The van der Waals surface area contributed by atoms with Crippen molar-refractivity contribution in [1.82, 2.24) is 5.32 Å². The van der Waals surface area contributed by atoms with Crippen LogP contribution in [-0.2, 0) is 0 Å². The summed E-state index contributed by atoms with van der Waals surface area (Å²) < 4.78 is 5.62. The van der Waals surface area contributed by atoms with Crippen LogP contribution in [0.25, 0.3) is 0 Å². The summed E-state index contributed by atoms with van der Waals surface area (Å²) in [4.78, 5) is 23.0. The van der Waals surface area contributed by atoms with Crippen LogP contribution in [0.2, 0.25) is 0 Å². The molecule has 0 atom stereocenters. The molecule has 7 heteroatoms. The van der Waals surface area contributed by atoms with Gasteiger partial charge in [0.1, 0.15) is 18.0 Å². The summed E-state index contributed by atoms with van der Waals surface area (Å²) in [6, 6.07) is 12.4. The summed E-state index contributed by atoms with van der Waals surface area (Å²) in [6.45, 7) is 2.58. The Balaban J connectivity index is 1.56. The third-order valence-corrected chi connectivity index (χ3v) is 4.13. The van der Waals surface area contributed by atoms with E-state index in [1.165, 1.54) is 6.07 Å². The number of benzene rings is 2. The molecule has 0 saturated heterocycles. The largest absolute Gasteiger partial charge is 0.491 e. The minimum absolute atomic E-state index is 0.0827. The van der Waals surface area contributed by atoms with Gasteiger partial charge >= 0.3 is 0 Å². The molecule has 2 aromatic rings. The number of hydrogen-bond acceptors (Lipinski definition) is 5. The van der Waals surface area contributed by atoms with Crippen molar-refractivity contribution in [3.05, 3.63) is 63.7 Å². The van der Waals surface area contributed by atoms with E-state index in [4.69, 9.17) is 4.74 Å². The first-order valence-corrected chi connectivity index (χ1v) is 8.56. The minimum atomic E-state index is -0.469. The zero-order valence-electron chi connectivity index (χ0n) is 14.5. The van der Waals surface area contributed by atoms with Crippen molar-refractivity contribution in [3.63, 3.8) is 0 Å². The van der Waals surface area contributed by atoms with Crippen LogP contribution in [0.3, 0.4) is 0 Å². The maximum Gasteiger partial charge on any atom is 0.293 e. The summed E-state index contributed by atoms with van der Waals surface area (Å²) in [5, 5.41) is 17.1. The highest BCUT2D eigenvalue weighted by atomic mass is 16.6. The van der Waals surface area contributed by atoms with Gasteiger partial charge in [0, 0.05) is 17.7 Å². The van der Waals surface area contributed by atoms with Crippen LogP contribution in [0.1, 0.15) is 28.8 Å². The third kappa shape index (κ3) is 4.50. The number of nitrogens with zero attached hydrogens (tertiary/aromatic N) is 1. The second-order valence-corrected chi connectivity index (χ2v) is 6.28. The molecule has 1 fully saturated rings. The van der Waals surface area contributed by atoms with Gasteiger partial charge < -0.3 is 15.4 Å². The first-order chi connectivity index (χ1) is 12.5. The number of anilines is 1. The van der Waals surface area contributed by atoms with E-state index in [0.717, 1.165) is 24.2 Å². The standard InChI is InChI=1S/C19H21N3O4/c1-13-4-2-3-5-18(13)26-11-10-20-19(23)14-6-9-16(21-15-7-8-15)17(12-14)22(24)25/h2-6,9,12,15,21H,7-8,10-11H2,1H3,(H,20,23). The van der Waals surface area contributed by atoms with Crippen molar-refractivity contribution in [2.45, 2.75) is 25.8 Å². The second-order valence-electron chi connectivity index (χ2n) is 6.28. The maximum atomic E-state index is 12.2. The van der Waals surface area contributed by atoms with Gasteiger partial charge in [-0.2, -0.15) is 0 Å². The molecule has 26 heavy (non-hydrogen) atoms. The molecule has 2 N–H and O–H groups in total. The lowest BCUT2D eigenvalue weighted by molar-refractivity contribution is -0.384. The number of nitrogens with one attached hydrogen (secondary N) is 2. The normalized spacial score (nSPS) is 13.1. The number of aryl methyl sites for hydroxylation is 1. The Morgan fingerprint density at radius 1 is 1.27 bits per heavy atom. The third-order valence-electron chi connectivity index (χ3n) is 4.13. The molecule has 7 nitrogen and oxygen atoms in total. The van der Waals surface area contributed by atoms with Crippen molar-refractivity contribution >= 4 is 17.3 Å².